The van der Waals surface area contributed by atoms with E-state index in [1.165, 1.54) is 27.5 Å². The van der Waals surface area contributed by atoms with Crippen LogP contribution in [0.3, 0.4) is 0 Å². The lowest BCUT2D eigenvalue weighted by Gasteiger charge is -2.24. The van der Waals surface area contributed by atoms with Gasteiger partial charge in [0.1, 0.15) is 23.2 Å². The Morgan fingerprint density at radius 3 is 1.74 bits per heavy atom. The molecule has 1 atom stereocenters. The van der Waals surface area contributed by atoms with Gasteiger partial charge < -0.3 is 9.73 Å². The van der Waals surface area contributed by atoms with E-state index in [1.54, 1.807) is 0 Å². The smallest absolute Gasteiger partial charge is 0.159 e. The Bertz CT molecular complexity index is 2840. The number of aliphatic imine (C=N–C) groups is 2. The molecule has 1 unspecified atom stereocenters. The van der Waals surface area contributed by atoms with Crippen LogP contribution >= 0.6 is 0 Å². The van der Waals surface area contributed by atoms with Crippen molar-refractivity contribution in [3.8, 4) is 33.4 Å². The molecule has 1 aliphatic heterocycles. The maximum Gasteiger partial charge on any atom is 0.159 e. The second-order valence-electron chi connectivity index (χ2n) is 13.3. The van der Waals surface area contributed by atoms with Crippen molar-refractivity contribution in [2.24, 2.45) is 9.98 Å². The Kier molecular flexibility index (Phi) is 7.51. The first-order valence-corrected chi connectivity index (χ1v) is 17.9. The molecule has 53 heavy (non-hydrogen) atoms. The second kappa shape index (κ2) is 12.9. The van der Waals surface area contributed by atoms with Crippen LogP contribution in [0.1, 0.15) is 22.9 Å². The number of hydrogen-bond acceptors (Lipinski definition) is 4. The van der Waals surface area contributed by atoms with E-state index < -0.39 is 0 Å². The number of hydrogen-bond donors (Lipinski definition) is 1. The van der Waals surface area contributed by atoms with Gasteiger partial charge >= 0.3 is 0 Å². The maximum atomic E-state index is 6.80. The molecule has 4 nitrogen and oxygen atoms in total. The minimum Gasteiger partial charge on any atom is -0.455 e. The van der Waals surface area contributed by atoms with Crippen LogP contribution in [0.2, 0.25) is 0 Å². The lowest BCUT2D eigenvalue weighted by atomic mass is 9.91. The van der Waals surface area contributed by atoms with Crippen LogP contribution in [-0.4, -0.2) is 11.7 Å². The largest absolute Gasteiger partial charge is 0.455 e. The number of rotatable bonds is 6. The molecule has 0 aliphatic carbocycles. The number of amidine groups is 2. The van der Waals surface area contributed by atoms with Gasteiger partial charge in [-0.2, -0.15) is 0 Å². The van der Waals surface area contributed by atoms with Crippen molar-refractivity contribution in [2.45, 2.75) is 6.17 Å². The summed E-state index contributed by atoms with van der Waals surface area (Å²) in [7, 11) is 0. The lowest BCUT2D eigenvalue weighted by molar-refractivity contribution is 0.668. The van der Waals surface area contributed by atoms with Crippen LogP contribution in [0.4, 0.5) is 0 Å². The van der Waals surface area contributed by atoms with Crippen LogP contribution < -0.4 is 5.32 Å². The fourth-order valence-electron chi connectivity index (χ4n) is 7.62. The van der Waals surface area contributed by atoms with Crippen molar-refractivity contribution in [1.29, 1.82) is 0 Å². The minimum absolute atomic E-state index is 0.314. The summed E-state index contributed by atoms with van der Waals surface area (Å²) in [5.41, 5.74) is 11.6. The van der Waals surface area contributed by atoms with Gasteiger partial charge in [-0.15, -0.1) is 0 Å². The van der Waals surface area contributed by atoms with Gasteiger partial charge in [-0.1, -0.05) is 182 Å². The minimum atomic E-state index is -0.314. The first-order chi connectivity index (χ1) is 26.3. The zero-order valence-corrected chi connectivity index (χ0v) is 28.8. The summed E-state index contributed by atoms with van der Waals surface area (Å²) in [6, 6.07) is 65.7. The fourth-order valence-corrected chi connectivity index (χ4v) is 7.62. The van der Waals surface area contributed by atoms with Crippen molar-refractivity contribution in [2.75, 3.05) is 0 Å². The summed E-state index contributed by atoms with van der Waals surface area (Å²) in [6.45, 7) is 0. The Labute approximate surface area is 307 Å². The molecule has 0 spiro atoms. The van der Waals surface area contributed by atoms with E-state index in [0.29, 0.717) is 5.84 Å². The van der Waals surface area contributed by atoms with Crippen LogP contribution in [0.5, 0.6) is 0 Å². The summed E-state index contributed by atoms with van der Waals surface area (Å²) in [4.78, 5) is 10.3. The standard InChI is InChI=1S/C49H33N3O/c1-4-14-32(15-5-1)33-26-28-36(29-27-33)48-50-47(35-18-8-3-9-19-35)51-49(52-48)43-24-13-25-44-45(43)42-23-12-22-41(46(42)53-44)40-31-30-37(34-16-6-2-7-17-34)38-20-10-11-21-39(38)40/h1-31,47H,(H,50,51,52). The van der Waals surface area contributed by atoms with E-state index >= 15 is 0 Å². The van der Waals surface area contributed by atoms with Crippen molar-refractivity contribution in [3.63, 3.8) is 0 Å². The van der Waals surface area contributed by atoms with Gasteiger partial charge in [-0.05, 0) is 50.2 Å². The Balaban J connectivity index is 1.11. The monoisotopic (exact) mass is 679 g/mol. The highest BCUT2D eigenvalue weighted by Gasteiger charge is 2.25. The Morgan fingerprint density at radius 1 is 0.415 bits per heavy atom. The van der Waals surface area contributed by atoms with E-state index in [2.05, 4.69) is 163 Å². The molecule has 0 saturated carbocycles. The number of nitrogens with zero attached hydrogens (tertiary/aromatic N) is 2. The van der Waals surface area contributed by atoms with E-state index in [-0.39, 0.29) is 6.17 Å². The average molecular weight is 680 g/mol. The molecule has 0 amide bonds. The normalized spacial score (nSPS) is 14.2. The topological polar surface area (TPSA) is 49.9 Å². The van der Waals surface area contributed by atoms with Gasteiger partial charge in [0.05, 0.1) is 0 Å². The molecule has 250 valence electrons. The number of para-hydroxylation sites is 1. The van der Waals surface area contributed by atoms with Crippen molar-refractivity contribution < 1.29 is 4.42 Å². The molecule has 1 aromatic heterocycles. The number of benzene rings is 8. The molecule has 4 heteroatoms. The highest BCUT2D eigenvalue weighted by Crippen LogP contribution is 2.42. The summed E-state index contributed by atoms with van der Waals surface area (Å²) in [5, 5.41) is 8.14. The van der Waals surface area contributed by atoms with E-state index in [1.807, 2.05) is 30.3 Å². The molecule has 1 N–H and O–H groups in total. The molecule has 0 radical (unpaired) electrons. The van der Waals surface area contributed by atoms with Crippen LogP contribution in [0.25, 0.3) is 66.1 Å². The van der Waals surface area contributed by atoms with E-state index in [9.17, 15) is 0 Å². The quantitative estimate of drug-likeness (QED) is 0.190. The molecular formula is C49H33N3O. The zero-order valence-electron chi connectivity index (χ0n) is 28.8. The van der Waals surface area contributed by atoms with Gasteiger partial charge in [-0.25, -0.2) is 9.98 Å². The molecule has 10 rings (SSSR count). The molecule has 0 saturated heterocycles. The van der Waals surface area contributed by atoms with Crippen molar-refractivity contribution in [3.05, 3.63) is 205 Å². The van der Waals surface area contributed by atoms with Gasteiger partial charge in [0.15, 0.2) is 5.84 Å². The molecular weight excluding hydrogens is 647 g/mol. The van der Waals surface area contributed by atoms with Gasteiger partial charge in [-0.3, -0.25) is 0 Å². The molecule has 0 fully saturated rings. The number of fused-ring (bicyclic) bond motifs is 4. The lowest BCUT2D eigenvalue weighted by Crippen LogP contribution is -2.33. The molecule has 0 bridgehead atoms. The third kappa shape index (κ3) is 5.49. The Hall–Kier alpha value is -7.04. The summed E-state index contributed by atoms with van der Waals surface area (Å²) < 4.78 is 6.80. The third-order valence-electron chi connectivity index (χ3n) is 10.2. The fraction of sp³-hybridized carbons (Fsp3) is 0.0204. The van der Waals surface area contributed by atoms with Crippen LogP contribution in [-0.2, 0) is 0 Å². The predicted octanol–water partition coefficient (Wildman–Crippen LogP) is 12.2. The highest BCUT2D eigenvalue weighted by atomic mass is 16.3. The van der Waals surface area contributed by atoms with Crippen molar-refractivity contribution in [1.82, 2.24) is 5.32 Å². The van der Waals surface area contributed by atoms with Crippen LogP contribution in [0.15, 0.2) is 202 Å². The zero-order chi connectivity index (χ0) is 35.1. The first-order valence-electron chi connectivity index (χ1n) is 17.9. The molecule has 1 aliphatic rings. The summed E-state index contributed by atoms with van der Waals surface area (Å²) in [6.07, 6.45) is -0.314. The van der Waals surface area contributed by atoms with E-state index in [0.717, 1.165) is 61.2 Å². The maximum absolute atomic E-state index is 6.80. The summed E-state index contributed by atoms with van der Waals surface area (Å²) in [5.74, 6) is 1.44. The second-order valence-corrected chi connectivity index (χ2v) is 13.3. The van der Waals surface area contributed by atoms with Crippen LogP contribution in [0, 0.1) is 0 Å². The SMILES string of the molecule is c1ccc(-c2ccc(C3=NC(c4ccccc4)NC(c4cccc5oc6c(-c7ccc(-c8ccccc8)c8ccccc78)cccc6c45)=N3)cc2)cc1. The first kappa shape index (κ1) is 30.8. The molecule has 9 aromatic rings. The predicted molar refractivity (Wildman–Crippen MR) is 219 cm³/mol. The highest BCUT2D eigenvalue weighted by molar-refractivity contribution is 6.23. The van der Waals surface area contributed by atoms with Gasteiger partial charge in [0, 0.05) is 27.5 Å². The molecule has 2 heterocycles. The number of furan rings is 1. The van der Waals surface area contributed by atoms with Gasteiger partial charge in [0.25, 0.3) is 0 Å². The Morgan fingerprint density at radius 2 is 0.981 bits per heavy atom. The van der Waals surface area contributed by atoms with Crippen molar-refractivity contribution >= 4 is 44.4 Å². The van der Waals surface area contributed by atoms with Gasteiger partial charge in [0.2, 0.25) is 0 Å². The third-order valence-corrected chi connectivity index (χ3v) is 10.2. The number of nitrogens with one attached hydrogen (secondary N) is 1. The summed E-state index contributed by atoms with van der Waals surface area (Å²) >= 11 is 0. The van der Waals surface area contributed by atoms with E-state index in [4.69, 9.17) is 14.4 Å². The molecule has 8 aromatic carbocycles. The average Bonchev–Trinajstić information content (AvgIpc) is 3.64.